The monoisotopic (exact) mass is 428 g/mol. The van der Waals surface area contributed by atoms with Crippen LogP contribution in [0.3, 0.4) is 0 Å². The van der Waals surface area contributed by atoms with E-state index >= 15 is 0 Å². The first-order valence-electron chi connectivity index (χ1n) is 10.7. The predicted molar refractivity (Wildman–Crippen MR) is 122 cm³/mol. The van der Waals surface area contributed by atoms with Crippen molar-refractivity contribution in [3.05, 3.63) is 87.9 Å². The summed E-state index contributed by atoms with van der Waals surface area (Å²) >= 11 is 0. The van der Waals surface area contributed by atoms with Crippen molar-refractivity contribution in [1.29, 1.82) is 0 Å². The molecule has 4 aromatic rings. The van der Waals surface area contributed by atoms with Gasteiger partial charge < -0.3 is 15.6 Å². The molecular formula is C24H24N6O2. The van der Waals surface area contributed by atoms with Gasteiger partial charge in [0, 0.05) is 46.9 Å². The number of pyridine rings is 1. The molecule has 1 aliphatic rings. The van der Waals surface area contributed by atoms with E-state index in [2.05, 4.69) is 25.6 Å². The molecule has 1 amide bonds. The van der Waals surface area contributed by atoms with E-state index < -0.39 is 6.04 Å². The Morgan fingerprint density at radius 3 is 2.84 bits per heavy atom. The zero-order valence-electron chi connectivity index (χ0n) is 17.8. The SMILES string of the molecule is Cc1cc2[nH]c(CNC(=O)C3CCc4cnc(NCc5ccccc5)c(=O)n43)cc2cn1. The van der Waals surface area contributed by atoms with E-state index in [0.29, 0.717) is 25.9 Å². The molecule has 0 spiro atoms. The van der Waals surface area contributed by atoms with E-state index in [4.69, 9.17) is 0 Å². The van der Waals surface area contributed by atoms with Crippen LogP contribution in [0.1, 0.15) is 35.1 Å². The lowest BCUT2D eigenvalue weighted by atomic mass is 10.2. The number of fused-ring (bicyclic) bond motifs is 2. The molecule has 1 aromatic carbocycles. The molecule has 1 unspecified atom stereocenters. The summed E-state index contributed by atoms with van der Waals surface area (Å²) in [5, 5.41) is 7.08. The number of hydrogen-bond acceptors (Lipinski definition) is 5. The number of carbonyl (C=O) groups is 1. The number of aromatic amines is 1. The number of amides is 1. The Morgan fingerprint density at radius 2 is 2.00 bits per heavy atom. The molecule has 1 aliphatic heterocycles. The van der Waals surface area contributed by atoms with Gasteiger partial charge in [0.05, 0.1) is 6.54 Å². The predicted octanol–water partition coefficient (Wildman–Crippen LogP) is 2.84. The van der Waals surface area contributed by atoms with Crippen LogP contribution in [0.15, 0.2) is 59.7 Å². The molecule has 3 aromatic heterocycles. The van der Waals surface area contributed by atoms with Gasteiger partial charge in [0.1, 0.15) is 6.04 Å². The van der Waals surface area contributed by atoms with Crippen molar-refractivity contribution in [2.75, 3.05) is 5.32 Å². The lowest BCUT2D eigenvalue weighted by Crippen LogP contribution is -2.36. The van der Waals surface area contributed by atoms with Gasteiger partial charge in [-0.05, 0) is 37.5 Å². The second-order valence-electron chi connectivity index (χ2n) is 8.09. The van der Waals surface area contributed by atoms with Crippen molar-refractivity contribution >= 4 is 22.6 Å². The van der Waals surface area contributed by atoms with Crippen molar-refractivity contribution in [2.45, 2.75) is 38.9 Å². The molecule has 0 fully saturated rings. The molecular weight excluding hydrogens is 404 g/mol. The molecule has 1 atom stereocenters. The van der Waals surface area contributed by atoms with Gasteiger partial charge in [-0.15, -0.1) is 0 Å². The number of hydrogen-bond donors (Lipinski definition) is 3. The number of aromatic nitrogens is 4. The summed E-state index contributed by atoms with van der Waals surface area (Å²) in [6, 6.07) is 13.2. The zero-order chi connectivity index (χ0) is 22.1. The molecule has 0 bridgehead atoms. The van der Waals surface area contributed by atoms with Crippen LogP contribution < -0.4 is 16.2 Å². The minimum absolute atomic E-state index is 0.168. The van der Waals surface area contributed by atoms with Gasteiger partial charge in [0.15, 0.2) is 5.82 Å². The highest BCUT2D eigenvalue weighted by molar-refractivity contribution is 5.82. The van der Waals surface area contributed by atoms with Gasteiger partial charge in [-0.1, -0.05) is 30.3 Å². The molecule has 3 N–H and O–H groups in total. The van der Waals surface area contributed by atoms with Crippen LogP contribution in [0, 0.1) is 6.92 Å². The van der Waals surface area contributed by atoms with Gasteiger partial charge >= 0.3 is 0 Å². The highest BCUT2D eigenvalue weighted by Gasteiger charge is 2.30. The molecule has 8 nitrogen and oxygen atoms in total. The average Bonchev–Trinajstić information content (AvgIpc) is 3.42. The Hall–Kier alpha value is -3.94. The third-order valence-electron chi connectivity index (χ3n) is 5.81. The number of carbonyl (C=O) groups excluding carboxylic acids is 1. The Morgan fingerprint density at radius 1 is 1.16 bits per heavy atom. The first-order valence-corrected chi connectivity index (χ1v) is 10.7. The summed E-state index contributed by atoms with van der Waals surface area (Å²) in [7, 11) is 0. The third kappa shape index (κ3) is 3.87. The van der Waals surface area contributed by atoms with E-state index in [1.807, 2.05) is 55.6 Å². The van der Waals surface area contributed by atoms with E-state index in [1.165, 1.54) is 0 Å². The Bertz CT molecular complexity index is 1340. The largest absolute Gasteiger partial charge is 0.361 e. The van der Waals surface area contributed by atoms with Crippen LogP contribution >= 0.6 is 0 Å². The van der Waals surface area contributed by atoms with Gasteiger partial charge in [0.25, 0.3) is 5.56 Å². The number of nitrogens with one attached hydrogen (secondary N) is 3. The summed E-state index contributed by atoms with van der Waals surface area (Å²) in [6.45, 7) is 2.79. The number of rotatable bonds is 6. The van der Waals surface area contributed by atoms with Gasteiger partial charge in [0.2, 0.25) is 5.91 Å². The van der Waals surface area contributed by atoms with E-state index in [9.17, 15) is 9.59 Å². The Balaban J connectivity index is 1.30. The van der Waals surface area contributed by atoms with E-state index in [0.717, 1.165) is 33.5 Å². The fourth-order valence-electron chi connectivity index (χ4n) is 4.18. The maximum Gasteiger partial charge on any atom is 0.294 e. The number of anilines is 1. The van der Waals surface area contributed by atoms with Crippen LogP contribution in [0.4, 0.5) is 5.82 Å². The molecule has 0 saturated carbocycles. The smallest absolute Gasteiger partial charge is 0.294 e. The minimum Gasteiger partial charge on any atom is -0.361 e. The quantitative estimate of drug-likeness (QED) is 0.438. The van der Waals surface area contributed by atoms with Crippen molar-refractivity contribution in [2.24, 2.45) is 0 Å². The van der Waals surface area contributed by atoms with Crippen LogP contribution in [-0.2, 0) is 24.3 Å². The molecule has 0 aliphatic carbocycles. The topological polar surface area (TPSA) is 105 Å². The molecule has 8 heteroatoms. The summed E-state index contributed by atoms with van der Waals surface area (Å²) in [6.07, 6.45) is 4.74. The Kier molecular flexibility index (Phi) is 5.18. The molecule has 32 heavy (non-hydrogen) atoms. The first kappa shape index (κ1) is 20.0. The number of nitrogens with zero attached hydrogens (tertiary/aromatic N) is 3. The maximum atomic E-state index is 13.1. The number of benzene rings is 1. The highest BCUT2D eigenvalue weighted by atomic mass is 16.2. The zero-order valence-corrected chi connectivity index (χ0v) is 17.8. The third-order valence-corrected chi connectivity index (χ3v) is 5.81. The van der Waals surface area contributed by atoms with Crippen LogP contribution in [0.2, 0.25) is 0 Å². The standard InChI is InChI=1S/C24H24N6O2/c1-15-9-20-17(12-25-15)10-18(29-20)13-28-23(31)21-8-7-19-14-27-22(24(32)30(19)21)26-11-16-5-3-2-4-6-16/h2-6,9-10,12,14,21,29H,7-8,11,13H2,1H3,(H,26,27)(H,28,31). The number of H-pyrrole nitrogens is 1. The summed E-state index contributed by atoms with van der Waals surface area (Å²) in [5.41, 5.74) is 4.39. The van der Waals surface area contributed by atoms with Crippen molar-refractivity contribution < 1.29 is 4.79 Å². The van der Waals surface area contributed by atoms with Gasteiger partial charge in [-0.25, -0.2) is 4.98 Å². The van der Waals surface area contributed by atoms with Crippen molar-refractivity contribution in [1.82, 2.24) is 24.8 Å². The van der Waals surface area contributed by atoms with Crippen LogP contribution in [0.25, 0.3) is 10.9 Å². The van der Waals surface area contributed by atoms with Gasteiger partial charge in [-0.3, -0.25) is 19.1 Å². The maximum absolute atomic E-state index is 13.1. The highest BCUT2D eigenvalue weighted by Crippen LogP contribution is 2.24. The lowest BCUT2D eigenvalue weighted by Gasteiger charge is -2.15. The summed E-state index contributed by atoms with van der Waals surface area (Å²) < 4.78 is 1.58. The van der Waals surface area contributed by atoms with Crippen molar-refractivity contribution in [3.63, 3.8) is 0 Å². The van der Waals surface area contributed by atoms with E-state index in [1.54, 1.807) is 10.8 Å². The Labute approximate surface area is 184 Å². The first-order chi connectivity index (χ1) is 15.6. The molecule has 5 rings (SSSR count). The molecule has 4 heterocycles. The lowest BCUT2D eigenvalue weighted by molar-refractivity contribution is -0.124. The van der Waals surface area contributed by atoms with E-state index in [-0.39, 0.29) is 17.3 Å². The van der Waals surface area contributed by atoms with Crippen LogP contribution in [0.5, 0.6) is 0 Å². The van der Waals surface area contributed by atoms with Crippen molar-refractivity contribution in [3.8, 4) is 0 Å². The summed E-state index contributed by atoms with van der Waals surface area (Å²) in [5.74, 6) is 0.0924. The summed E-state index contributed by atoms with van der Waals surface area (Å²) in [4.78, 5) is 37.9. The molecule has 0 radical (unpaired) electrons. The average molecular weight is 428 g/mol. The normalized spacial score (nSPS) is 15.0. The molecule has 162 valence electrons. The minimum atomic E-state index is -0.536. The second-order valence-corrected chi connectivity index (χ2v) is 8.09. The fraction of sp³-hybridized carbons (Fsp3) is 0.250. The van der Waals surface area contributed by atoms with Gasteiger partial charge in [-0.2, -0.15) is 0 Å². The second kappa shape index (κ2) is 8.30. The van der Waals surface area contributed by atoms with Crippen LogP contribution in [-0.4, -0.2) is 25.4 Å². The number of aryl methyl sites for hydroxylation is 2. The fourth-order valence-corrected chi connectivity index (χ4v) is 4.18. The molecule has 0 saturated heterocycles.